The predicted molar refractivity (Wildman–Crippen MR) is 156 cm³/mol. The van der Waals surface area contributed by atoms with Crippen molar-refractivity contribution in [1.82, 2.24) is 4.98 Å². The van der Waals surface area contributed by atoms with Crippen LogP contribution < -0.4 is 20.5 Å². The molecule has 2 rings (SSSR count). The van der Waals surface area contributed by atoms with Crippen LogP contribution in [0.5, 0.6) is 11.5 Å². The van der Waals surface area contributed by atoms with E-state index in [1.807, 2.05) is 38.1 Å². The minimum atomic E-state index is -0.844. The van der Waals surface area contributed by atoms with Crippen LogP contribution in [0.3, 0.4) is 0 Å². The zero-order chi connectivity index (χ0) is 29.7. The van der Waals surface area contributed by atoms with Crippen LogP contribution in [0.25, 0.3) is 0 Å². The predicted octanol–water partition coefficient (Wildman–Crippen LogP) is 4.57. The van der Waals surface area contributed by atoms with Crippen molar-refractivity contribution in [3.63, 3.8) is 0 Å². The molecule has 1 heterocycles. The summed E-state index contributed by atoms with van der Waals surface area (Å²) in [5.74, 6) is 1.61. The Kier molecular flexibility index (Phi) is 13.9. The minimum Gasteiger partial charge on any atom is -0.493 e. The van der Waals surface area contributed by atoms with Gasteiger partial charge in [0.1, 0.15) is 11.9 Å². The number of nitrogens with one attached hydrogen (secondary N) is 1. The van der Waals surface area contributed by atoms with E-state index in [4.69, 9.17) is 25.2 Å². The van der Waals surface area contributed by atoms with Crippen molar-refractivity contribution in [2.75, 3.05) is 32.8 Å². The summed E-state index contributed by atoms with van der Waals surface area (Å²) in [7, 11) is 3.29. The lowest BCUT2D eigenvalue weighted by molar-refractivity contribution is -0.122. The molecule has 40 heavy (non-hydrogen) atoms. The molecular formula is C31H46N4O5. The summed E-state index contributed by atoms with van der Waals surface area (Å²) < 4.78 is 16.5. The molecule has 9 nitrogen and oxygen atoms in total. The smallest absolute Gasteiger partial charge is 0.228 e. The maximum absolute atomic E-state index is 13.0. The molecule has 9 heteroatoms. The molecule has 2 aromatic rings. The molecule has 0 fully saturated rings. The van der Waals surface area contributed by atoms with Gasteiger partial charge < -0.3 is 30.4 Å². The summed E-state index contributed by atoms with van der Waals surface area (Å²) in [6, 6.07) is 10.7. The van der Waals surface area contributed by atoms with Gasteiger partial charge in [-0.25, -0.2) is 4.98 Å². The number of nitrogens with zero attached hydrogens (tertiary/aromatic N) is 2. The highest BCUT2D eigenvalue weighted by atomic mass is 16.5. The number of ether oxygens (including phenoxy) is 3. The van der Waals surface area contributed by atoms with Crippen molar-refractivity contribution in [1.29, 1.82) is 5.26 Å². The fourth-order valence-corrected chi connectivity index (χ4v) is 4.62. The van der Waals surface area contributed by atoms with Gasteiger partial charge in [-0.2, -0.15) is 5.26 Å². The molecule has 4 atom stereocenters. The molecule has 0 unspecified atom stereocenters. The van der Waals surface area contributed by atoms with Crippen molar-refractivity contribution in [2.24, 2.45) is 29.4 Å². The van der Waals surface area contributed by atoms with E-state index in [2.05, 4.69) is 24.1 Å². The second kappa shape index (κ2) is 16.8. The normalized spacial score (nSPS) is 14.3. The van der Waals surface area contributed by atoms with E-state index in [1.165, 1.54) is 6.20 Å². The second-order valence-electron chi connectivity index (χ2n) is 11.0. The molecule has 0 aliphatic carbocycles. The van der Waals surface area contributed by atoms with Crippen molar-refractivity contribution in [2.45, 2.75) is 65.5 Å². The van der Waals surface area contributed by atoms with Gasteiger partial charge in [0, 0.05) is 38.3 Å². The van der Waals surface area contributed by atoms with Gasteiger partial charge in [-0.1, -0.05) is 33.8 Å². The van der Waals surface area contributed by atoms with E-state index < -0.39 is 18.1 Å². The van der Waals surface area contributed by atoms with Crippen LogP contribution in [0, 0.1) is 35.0 Å². The number of hydrogen-bond acceptors (Lipinski definition) is 8. The number of anilines is 1. The Balaban J connectivity index is 2.04. The van der Waals surface area contributed by atoms with E-state index in [0.717, 1.165) is 18.4 Å². The summed E-state index contributed by atoms with van der Waals surface area (Å²) >= 11 is 0. The number of aromatic nitrogens is 1. The Morgan fingerprint density at radius 1 is 1.07 bits per heavy atom. The molecule has 0 saturated carbocycles. The van der Waals surface area contributed by atoms with Crippen LogP contribution in [0.1, 0.15) is 58.1 Å². The quantitative estimate of drug-likeness (QED) is 0.242. The lowest BCUT2D eigenvalue weighted by Gasteiger charge is -2.30. The van der Waals surface area contributed by atoms with Crippen molar-refractivity contribution in [3.05, 3.63) is 47.7 Å². The first-order valence-corrected chi connectivity index (χ1v) is 14.0. The molecule has 0 spiro atoms. The highest BCUT2D eigenvalue weighted by molar-refractivity contribution is 5.91. The lowest BCUT2D eigenvalue weighted by Crippen LogP contribution is -2.41. The fraction of sp³-hybridized carbons (Fsp3) is 0.581. The summed E-state index contributed by atoms with van der Waals surface area (Å²) in [6.45, 7) is 9.37. The number of nitriles is 1. The first kappa shape index (κ1) is 33.0. The zero-order valence-electron chi connectivity index (χ0n) is 24.7. The molecule has 220 valence electrons. The maximum Gasteiger partial charge on any atom is 0.228 e. The third kappa shape index (κ3) is 10.4. The highest BCUT2D eigenvalue weighted by Gasteiger charge is 2.30. The van der Waals surface area contributed by atoms with E-state index >= 15 is 0 Å². The average Bonchev–Trinajstić information content (AvgIpc) is 2.93. The average molecular weight is 555 g/mol. The van der Waals surface area contributed by atoms with Gasteiger partial charge >= 0.3 is 0 Å². The number of aliphatic hydroxyl groups excluding tert-OH is 1. The van der Waals surface area contributed by atoms with Gasteiger partial charge in [0.15, 0.2) is 11.5 Å². The molecule has 4 N–H and O–H groups in total. The van der Waals surface area contributed by atoms with E-state index in [1.54, 1.807) is 26.4 Å². The molecule has 0 aliphatic heterocycles. The number of benzene rings is 1. The van der Waals surface area contributed by atoms with E-state index in [0.29, 0.717) is 48.4 Å². The number of amides is 1. The Morgan fingerprint density at radius 2 is 1.82 bits per heavy atom. The first-order chi connectivity index (χ1) is 19.1. The molecular weight excluding hydrogens is 508 g/mol. The number of hydrogen-bond donors (Lipinski definition) is 3. The van der Waals surface area contributed by atoms with Gasteiger partial charge in [0.25, 0.3) is 0 Å². The number of rotatable bonds is 17. The fourth-order valence-electron chi connectivity index (χ4n) is 4.62. The molecule has 1 aromatic carbocycles. The van der Waals surface area contributed by atoms with Crippen LogP contribution >= 0.6 is 0 Å². The van der Waals surface area contributed by atoms with Crippen molar-refractivity contribution < 1.29 is 24.1 Å². The number of nitrogens with two attached hydrogens (primary N) is 1. The van der Waals surface area contributed by atoms with E-state index in [-0.39, 0.29) is 24.2 Å². The van der Waals surface area contributed by atoms with Crippen LogP contribution in [-0.2, 0) is 16.0 Å². The van der Waals surface area contributed by atoms with Crippen molar-refractivity contribution >= 4 is 11.7 Å². The van der Waals surface area contributed by atoms with Gasteiger partial charge in [-0.15, -0.1) is 0 Å². The second-order valence-corrected chi connectivity index (χ2v) is 11.0. The Morgan fingerprint density at radius 3 is 2.40 bits per heavy atom. The lowest BCUT2D eigenvalue weighted by atomic mass is 9.81. The SMILES string of the molecule is COCCCOc1cc(C[C@@H](C[C@H](N)[C@@H](O)C[C@H](C(=O)Nc2ccc(C#N)cn2)C(C)C)C(C)C)ccc1OC. The maximum atomic E-state index is 13.0. The number of methoxy groups -OCH3 is 2. The molecule has 1 amide bonds. The minimum absolute atomic E-state index is 0.0114. The van der Waals surface area contributed by atoms with Gasteiger partial charge in [-0.3, -0.25) is 4.79 Å². The molecule has 1 aromatic heterocycles. The number of aliphatic hydroxyl groups is 1. The van der Waals surface area contributed by atoms with Crippen molar-refractivity contribution in [3.8, 4) is 17.6 Å². The number of pyridine rings is 1. The van der Waals surface area contributed by atoms with Crippen LogP contribution in [0.4, 0.5) is 5.82 Å². The van der Waals surface area contributed by atoms with Crippen LogP contribution in [-0.4, -0.2) is 55.6 Å². The number of carbonyl (C=O) groups is 1. The van der Waals surface area contributed by atoms with Gasteiger partial charge in [0.05, 0.1) is 25.4 Å². The standard InChI is InChI=1S/C31H46N4O5/c1-20(2)24(14-22-8-10-28(39-6)29(15-22)40-13-7-12-38-5)16-26(33)27(36)17-25(21(3)4)31(37)35-30-11-9-23(18-32)19-34-30/h8-11,15,19-21,24-27,36H,7,12-14,16-17,33H2,1-6H3,(H,34,35,37)/t24-,25-,26-,27-/m0/s1. The summed E-state index contributed by atoms with van der Waals surface area (Å²) in [6.07, 6.45) is 2.98. The summed E-state index contributed by atoms with van der Waals surface area (Å²) in [5.41, 5.74) is 8.06. The largest absolute Gasteiger partial charge is 0.493 e. The Labute approximate surface area is 239 Å². The van der Waals surface area contributed by atoms with Crippen LogP contribution in [0.2, 0.25) is 0 Å². The topological polar surface area (TPSA) is 140 Å². The zero-order valence-corrected chi connectivity index (χ0v) is 24.7. The highest BCUT2D eigenvalue weighted by Crippen LogP contribution is 2.32. The molecule has 0 bridgehead atoms. The molecule has 0 saturated heterocycles. The van der Waals surface area contributed by atoms with Gasteiger partial charge in [0.2, 0.25) is 5.91 Å². The Bertz CT molecular complexity index is 1080. The van der Waals surface area contributed by atoms with E-state index in [9.17, 15) is 9.90 Å². The Hall–Kier alpha value is -3.19. The number of carbonyl (C=O) groups excluding carboxylic acids is 1. The molecule has 0 radical (unpaired) electrons. The molecule has 0 aliphatic rings. The third-order valence-electron chi connectivity index (χ3n) is 7.27. The summed E-state index contributed by atoms with van der Waals surface area (Å²) in [4.78, 5) is 17.2. The first-order valence-electron chi connectivity index (χ1n) is 14.0. The van der Waals surface area contributed by atoms with Crippen LogP contribution in [0.15, 0.2) is 36.5 Å². The summed E-state index contributed by atoms with van der Waals surface area (Å²) in [5, 5.41) is 22.8. The monoisotopic (exact) mass is 554 g/mol. The third-order valence-corrected chi connectivity index (χ3v) is 7.27. The van der Waals surface area contributed by atoms with Gasteiger partial charge in [-0.05, 0) is 66.8 Å².